The Bertz CT molecular complexity index is 612. The summed E-state index contributed by atoms with van der Waals surface area (Å²) in [6, 6.07) is 9.74. The van der Waals surface area contributed by atoms with E-state index >= 15 is 0 Å². The zero-order valence-corrected chi connectivity index (χ0v) is 12.7. The third-order valence-electron chi connectivity index (χ3n) is 4.14. The Kier molecular flexibility index (Phi) is 3.75. The molecular formula is C18H24N2. The van der Waals surface area contributed by atoms with Crippen LogP contribution in [0.5, 0.6) is 0 Å². The number of hydrogen-bond acceptors (Lipinski definition) is 2. The first-order valence-electron chi connectivity index (χ1n) is 7.83. The molecule has 20 heavy (non-hydrogen) atoms. The topological polar surface area (TPSA) is 24.9 Å². The fourth-order valence-corrected chi connectivity index (χ4v) is 2.57. The SMILES string of the molecule is CCc1ccc2nc(C(C)C)cc(CNC3CC3)c2c1. The van der Waals surface area contributed by atoms with E-state index in [2.05, 4.69) is 50.4 Å². The van der Waals surface area contributed by atoms with E-state index in [4.69, 9.17) is 4.98 Å². The van der Waals surface area contributed by atoms with Crippen molar-refractivity contribution in [3.63, 3.8) is 0 Å². The van der Waals surface area contributed by atoms with Crippen molar-refractivity contribution in [3.05, 3.63) is 41.1 Å². The van der Waals surface area contributed by atoms with Crippen LogP contribution in [0.2, 0.25) is 0 Å². The Morgan fingerprint density at radius 1 is 1.25 bits per heavy atom. The number of nitrogens with zero attached hydrogens (tertiary/aromatic N) is 1. The van der Waals surface area contributed by atoms with Crippen LogP contribution in [0.25, 0.3) is 10.9 Å². The Labute approximate surface area is 121 Å². The molecule has 1 aromatic heterocycles. The summed E-state index contributed by atoms with van der Waals surface area (Å²) >= 11 is 0. The highest BCUT2D eigenvalue weighted by Gasteiger charge is 2.20. The Morgan fingerprint density at radius 2 is 2.05 bits per heavy atom. The lowest BCUT2D eigenvalue weighted by Crippen LogP contribution is -2.16. The number of benzene rings is 1. The summed E-state index contributed by atoms with van der Waals surface area (Å²) in [5.41, 5.74) is 5.14. The lowest BCUT2D eigenvalue weighted by atomic mass is 10.0. The molecule has 2 heteroatoms. The molecule has 1 aliphatic carbocycles. The average Bonchev–Trinajstić information content (AvgIpc) is 3.28. The minimum atomic E-state index is 0.477. The molecule has 106 valence electrons. The molecule has 1 aliphatic rings. The fraction of sp³-hybridized carbons (Fsp3) is 0.500. The van der Waals surface area contributed by atoms with Crippen LogP contribution >= 0.6 is 0 Å². The number of fused-ring (bicyclic) bond motifs is 1. The molecule has 0 bridgehead atoms. The number of nitrogens with one attached hydrogen (secondary N) is 1. The van der Waals surface area contributed by atoms with E-state index < -0.39 is 0 Å². The van der Waals surface area contributed by atoms with Gasteiger partial charge >= 0.3 is 0 Å². The van der Waals surface area contributed by atoms with Crippen molar-refractivity contribution < 1.29 is 0 Å². The van der Waals surface area contributed by atoms with Gasteiger partial charge in [0, 0.05) is 23.7 Å². The van der Waals surface area contributed by atoms with Crippen molar-refractivity contribution >= 4 is 10.9 Å². The highest BCUT2D eigenvalue weighted by Crippen LogP contribution is 2.25. The predicted molar refractivity (Wildman–Crippen MR) is 85.1 cm³/mol. The molecule has 1 fully saturated rings. The van der Waals surface area contributed by atoms with Crippen LogP contribution in [0.1, 0.15) is 56.4 Å². The van der Waals surface area contributed by atoms with Crippen LogP contribution < -0.4 is 5.32 Å². The largest absolute Gasteiger partial charge is 0.310 e. The molecule has 0 atom stereocenters. The van der Waals surface area contributed by atoms with Gasteiger partial charge in [-0.15, -0.1) is 0 Å². The molecular weight excluding hydrogens is 244 g/mol. The van der Waals surface area contributed by atoms with Crippen LogP contribution in [-0.2, 0) is 13.0 Å². The van der Waals surface area contributed by atoms with Gasteiger partial charge in [0.25, 0.3) is 0 Å². The van der Waals surface area contributed by atoms with E-state index in [9.17, 15) is 0 Å². The second kappa shape index (κ2) is 5.53. The molecule has 3 rings (SSSR count). The first-order chi connectivity index (χ1) is 9.67. The lowest BCUT2D eigenvalue weighted by molar-refractivity contribution is 0.688. The van der Waals surface area contributed by atoms with Gasteiger partial charge < -0.3 is 5.32 Å². The predicted octanol–water partition coefficient (Wildman–Crippen LogP) is 4.17. The molecule has 2 nitrogen and oxygen atoms in total. The summed E-state index contributed by atoms with van der Waals surface area (Å²) in [4.78, 5) is 4.83. The van der Waals surface area contributed by atoms with Crippen LogP contribution in [0.3, 0.4) is 0 Å². The van der Waals surface area contributed by atoms with Crippen molar-refractivity contribution in [1.82, 2.24) is 10.3 Å². The second-order valence-corrected chi connectivity index (χ2v) is 6.22. The quantitative estimate of drug-likeness (QED) is 0.880. The normalized spacial score (nSPS) is 15.2. The van der Waals surface area contributed by atoms with E-state index in [0.717, 1.165) is 24.5 Å². The highest BCUT2D eigenvalue weighted by atomic mass is 14.9. The van der Waals surface area contributed by atoms with E-state index in [0.29, 0.717) is 5.92 Å². The Morgan fingerprint density at radius 3 is 2.70 bits per heavy atom. The monoisotopic (exact) mass is 268 g/mol. The number of pyridine rings is 1. The average molecular weight is 268 g/mol. The third-order valence-corrected chi connectivity index (χ3v) is 4.14. The number of hydrogen-bond donors (Lipinski definition) is 1. The van der Waals surface area contributed by atoms with Crippen molar-refractivity contribution in [1.29, 1.82) is 0 Å². The molecule has 0 unspecified atom stereocenters. The van der Waals surface area contributed by atoms with Gasteiger partial charge in [-0.05, 0) is 54.5 Å². The maximum atomic E-state index is 4.83. The standard InChI is InChI=1S/C18H24N2/c1-4-13-5-8-17-16(9-13)14(11-19-15-6-7-15)10-18(20-17)12(2)3/h5,8-10,12,15,19H,4,6-7,11H2,1-3H3. The molecule has 0 radical (unpaired) electrons. The molecule has 1 N–H and O–H groups in total. The maximum absolute atomic E-state index is 4.83. The minimum absolute atomic E-state index is 0.477. The first-order valence-corrected chi connectivity index (χ1v) is 7.83. The van der Waals surface area contributed by atoms with Crippen LogP contribution in [0.15, 0.2) is 24.3 Å². The number of rotatable bonds is 5. The van der Waals surface area contributed by atoms with Gasteiger partial charge in [0.1, 0.15) is 0 Å². The van der Waals surface area contributed by atoms with Gasteiger partial charge in [-0.25, -0.2) is 0 Å². The van der Waals surface area contributed by atoms with Gasteiger partial charge in [-0.1, -0.05) is 26.8 Å². The fourth-order valence-electron chi connectivity index (χ4n) is 2.57. The maximum Gasteiger partial charge on any atom is 0.0708 e. The Hall–Kier alpha value is -1.41. The van der Waals surface area contributed by atoms with Crippen LogP contribution in [-0.4, -0.2) is 11.0 Å². The molecule has 1 heterocycles. The zero-order chi connectivity index (χ0) is 14.1. The summed E-state index contributed by atoms with van der Waals surface area (Å²) < 4.78 is 0. The van der Waals surface area contributed by atoms with E-state index in [1.165, 1.54) is 35.0 Å². The van der Waals surface area contributed by atoms with Gasteiger partial charge in [0.05, 0.1) is 5.52 Å². The minimum Gasteiger partial charge on any atom is -0.310 e. The van der Waals surface area contributed by atoms with E-state index in [1.54, 1.807) is 0 Å². The van der Waals surface area contributed by atoms with E-state index in [-0.39, 0.29) is 0 Å². The number of aromatic nitrogens is 1. The van der Waals surface area contributed by atoms with Gasteiger partial charge in [-0.3, -0.25) is 4.98 Å². The molecule has 0 saturated heterocycles. The lowest BCUT2D eigenvalue weighted by Gasteiger charge is -2.13. The van der Waals surface area contributed by atoms with Crippen molar-refractivity contribution in [2.45, 2.75) is 58.5 Å². The summed E-state index contributed by atoms with van der Waals surface area (Å²) in [6.45, 7) is 7.61. The Balaban J connectivity index is 2.04. The van der Waals surface area contributed by atoms with Crippen molar-refractivity contribution in [2.24, 2.45) is 0 Å². The first kappa shape index (κ1) is 13.6. The van der Waals surface area contributed by atoms with Gasteiger partial charge in [-0.2, -0.15) is 0 Å². The molecule has 2 aromatic rings. The van der Waals surface area contributed by atoms with E-state index in [1.807, 2.05) is 0 Å². The molecule has 0 amide bonds. The highest BCUT2D eigenvalue weighted by molar-refractivity contribution is 5.83. The van der Waals surface area contributed by atoms with Crippen molar-refractivity contribution in [2.75, 3.05) is 0 Å². The smallest absolute Gasteiger partial charge is 0.0708 e. The summed E-state index contributed by atoms with van der Waals surface area (Å²) in [5.74, 6) is 0.477. The molecule has 0 spiro atoms. The number of aryl methyl sites for hydroxylation is 1. The summed E-state index contributed by atoms with van der Waals surface area (Å²) in [5, 5.41) is 4.96. The summed E-state index contributed by atoms with van der Waals surface area (Å²) in [7, 11) is 0. The second-order valence-electron chi connectivity index (χ2n) is 6.22. The van der Waals surface area contributed by atoms with Crippen molar-refractivity contribution in [3.8, 4) is 0 Å². The molecule has 0 aliphatic heterocycles. The third kappa shape index (κ3) is 2.85. The molecule has 1 saturated carbocycles. The van der Waals surface area contributed by atoms with Crippen LogP contribution in [0, 0.1) is 0 Å². The zero-order valence-electron chi connectivity index (χ0n) is 12.7. The van der Waals surface area contributed by atoms with Gasteiger partial charge in [0.2, 0.25) is 0 Å². The van der Waals surface area contributed by atoms with Crippen LogP contribution in [0.4, 0.5) is 0 Å². The molecule has 1 aromatic carbocycles. The summed E-state index contributed by atoms with van der Waals surface area (Å²) in [6.07, 6.45) is 3.75. The van der Waals surface area contributed by atoms with Gasteiger partial charge in [0.15, 0.2) is 0 Å².